The second kappa shape index (κ2) is 6.49. The molecular formula is C15H19N3O2S. The summed E-state index contributed by atoms with van der Waals surface area (Å²) in [6.45, 7) is 0.890. The Morgan fingerprint density at radius 3 is 2.81 bits per heavy atom. The standard InChI is InChI=1S/C15H19N3O2S/c1-18-14(11-5-7-12(19-2)8-6-11)16-17-15(18)21-10-13-4-3-9-20-13/h5-8,13H,3-4,9-10H2,1-2H3/t13-/m0/s1. The molecule has 1 aliphatic heterocycles. The molecule has 1 aromatic carbocycles. The first kappa shape index (κ1) is 14.4. The van der Waals surface area contributed by atoms with Crippen molar-refractivity contribution in [2.45, 2.75) is 24.1 Å². The van der Waals surface area contributed by atoms with E-state index >= 15 is 0 Å². The third-order valence-corrected chi connectivity index (χ3v) is 4.76. The van der Waals surface area contributed by atoms with Crippen molar-refractivity contribution in [3.63, 3.8) is 0 Å². The molecule has 0 aliphatic carbocycles. The van der Waals surface area contributed by atoms with E-state index in [1.165, 1.54) is 6.42 Å². The Hall–Kier alpha value is -1.53. The summed E-state index contributed by atoms with van der Waals surface area (Å²) in [5.74, 6) is 2.65. The van der Waals surface area contributed by atoms with Gasteiger partial charge in [0.15, 0.2) is 11.0 Å². The van der Waals surface area contributed by atoms with Crippen molar-refractivity contribution in [1.29, 1.82) is 0 Å². The van der Waals surface area contributed by atoms with E-state index in [2.05, 4.69) is 10.2 Å². The van der Waals surface area contributed by atoms with E-state index in [0.717, 1.165) is 41.1 Å². The van der Waals surface area contributed by atoms with Crippen LogP contribution in [0.25, 0.3) is 11.4 Å². The van der Waals surface area contributed by atoms with Crippen molar-refractivity contribution in [1.82, 2.24) is 14.8 Å². The molecule has 0 saturated carbocycles. The molecule has 1 aromatic heterocycles. The van der Waals surface area contributed by atoms with E-state index in [1.54, 1.807) is 18.9 Å². The topological polar surface area (TPSA) is 49.2 Å². The molecule has 0 amide bonds. The van der Waals surface area contributed by atoms with Crippen LogP contribution in [0.2, 0.25) is 0 Å². The van der Waals surface area contributed by atoms with Gasteiger partial charge in [0.1, 0.15) is 5.75 Å². The SMILES string of the molecule is COc1ccc(-c2nnc(SC[C@@H]3CCCO3)n2C)cc1. The lowest BCUT2D eigenvalue weighted by Crippen LogP contribution is -2.08. The average molecular weight is 305 g/mol. The highest BCUT2D eigenvalue weighted by Crippen LogP contribution is 2.26. The van der Waals surface area contributed by atoms with Crippen LogP contribution < -0.4 is 4.74 Å². The zero-order valence-electron chi connectivity index (χ0n) is 12.3. The second-order valence-corrected chi connectivity index (χ2v) is 6.03. The van der Waals surface area contributed by atoms with Gasteiger partial charge in [-0.2, -0.15) is 0 Å². The van der Waals surface area contributed by atoms with E-state index in [-0.39, 0.29) is 0 Å². The summed E-state index contributed by atoms with van der Waals surface area (Å²) >= 11 is 1.71. The van der Waals surface area contributed by atoms with E-state index < -0.39 is 0 Å². The van der Waals surface area contributed by atoms with Crippen LogP contribution in [0.3, 0.4) is 0 Å². The Labute approximate surface area is 128 Å². The molecule has 5 nitrogen and oxygen atoms in total. The molecule has 1 atom stereocenters. The number of thioether (sulfide) groups is 1. The van der Waals surface area contributed by atoms with Gasteiger partial charge in [-0.1, -0.05) is 11.8 Å². The highest BCUT2D eigenvalue weighted by molar-refractivity contribution is 7.99. The molecule has 1 fully saturated rings. The van der Waals surface area contributed by atoms with Gasteiger partial charge in [0.25, 0.3) is 0 Å². The number of hydrogen-bond donors (Lipinski definition) is 0. The molecule has 0 unspecified atom stereocenters. The van der Waals surface area contributed by atoms with Crippen molar-refractivity contribution < 1.29 is 9.47 Å². The molecule has 21 heavy (non-hydrogen) atoms. The molecule has 6 heteroatoms. The fourth-order valence-electron chi connectivity index (χ4n) is 2.38. The normalized spacial score (nSPS) is 18.1. The molecule has 0 spiro atoms. The third kappa shape index (κ3) is 3.22. The van der Waals surface area contributed by atoms with E-state index in [0.29, 0.717) is 6.10 Å². The molecule has 1 aliphatic rings. The summed E-state index contributed by atoms with van der Waals surface area (Å²) in [4.78, 5) is 0. The summed E-state index contributed by atoms with van der Waals surface area (Å²) in [6.07, 6.45) is 2.67. The Morgan fingerprint density at radius 2 is 2.14 bits per heavy atom. The minimum atomic E-state index is 0.358. The van der Waals surface area contributed by atoms with E-state index in [9.17, 15) is 0 Å². The first-order chi connectivity index (χ1) is 10.3. The quantitative estimate of drug-likeness (QED) is 0.795. The summed E-state index contributed by atoms with van der Waals surface area (Å²) in [5, 5.41) is 9.51. The van der Waals surface area contributed by atoms with Gasteiger partial charge in [-0.25, -0.2) is 0 Å². The van der Waals surface area contributed by atoms with Crippen LogP contribution in [0.1, 0.15) is 12.8 Å². The largest absolute Gasteiger partial charge is 0.497 e. The average Bonchev–Trinajstić information content (AvgIpc) is 3.15. The van der Waals surface area contributed by atoms with Crippen molar-refractivity contribution in [3.05, 3.63) is 24.3 Å². The summed E-state index contributed by atoms with van der Waals surface area (Å²) < 4.78 is 12.8. The molecule has 0 bridgehead atoms. The predicted molar refractivity (Wildman–Crippen MR) is 82.7 cm³/mol. The second-order valence-electron chi connectivity index (χ2n) is 5.04. The third-order valence-electron chi connectivity index (χ3n) is 3.61. The fraction of sp³-hybridized carbons (Fsp3) is 0.467. The monoisotopic (exact) mass is 305 g/mol. The lowest BCUT2D eigenvalue weighted by atomic mass is 10.2. The fourth-order valence-corrected chi connectivity index (χ4v) is 3.35. The zero-order valence-corrected chi connectivity index (χ0v) is 13.1. The van der Waals surface area contributed by atoms with Crippen LogP contribution in [0, 0.1) is 0 Å². The van der Waals surface area contributed by atoms with Gasteiger partial charge in [-0.05, 0) is 37.1 Å². The Kier molecular flexibility index (Phi) is 4.45. The first-order valence-corrected chi connectivity index (χ1v) is 8.04. The summed E-state index contributed by atoms with van der Waals surface area (Å²) in [5.41, 5.74) is 1.04. The first-order valence-electron chi connectivity index (χ1n) is 7.06. The molecule has 1 saturated heterocycles. The molecule has 3 rings (SSSR count). The van der Waals surface area contributed by atoms with Crippen LogP contribution in [0.4, 0.5) is 0 Å². The zero-order chi connectivity index (χ0) is 14.7. The predicted octanol–water partition coefficient (Wildman–Crippen LogP) is 2.76. The van der Waals surface area contributed by atoms with Crippen LogP contribution in [0.15, 0.2) is 29.4 Å². The van der Waals surface area contributed by atoms with Crippen LogP contribution in [-0.4, -0.2) is 40.3 Å². The van der Waals surface area contributed by atoms with Gasteiger partial charge < -0.3 is 14.0 Å². The maximum absolute atomic E-state index is 5.64. The van der Waals surface area contributed by atoms with E-state index in [4.69, 9.17) is 9.47 Å². The lowest BCUT2D eigenvalue weighted by molar-refractivity contribution is 0.129. The number of methoxy groups -OCH3 is 1. The van der Waals surface area contributed by atoms with Crippen molar-refractivity contribution in [2.75, 3.05) is 19.5 Å². The van der Waals surface area contributed by atoms with Crippen LogP contribution >= 0.6 is 11.8 Å². The van der Waals surface area contributed by atoms with Gasteiger partial charge in [0, 0.05) is 25.0 Å². The molecule has 112 valence electrons. The molecule has 0 radical (unpaired) electrons. The summed E-state index contributed by atoms with van der Waals surface area (Å²) in [7, 11) is 3.66. The number of rotatable bonds is 5. The van der Waals surface area contributed by atoms with Crippen molar-refractivity contribution >= 4 is 11.8 Å². The maximum atomic E-state index is 5.64. The smallest absolute Gasteiger partial charge is 0.191 e. The molecule has 2 aromatic rings. The highest BCUT2D eigenvalue weighted by Gasteiger charge is 2.18. The highest BCUT2D eigenvalue weighted by atomic mass is 32.2. The molecule has 0 N–H and O–H groups in total. The van der Waals surface area contributed by atoms with Crippen LogP contribution in [0.5, 0.6) is 5.75 Å². The minimum absolute atomic E-state index is 0.358. The van der Waals surface area contributed by atoms with Gasteiger partial charge >= 0.3 is 0 Å². The van der Waals surface area contributed by atoms with Gasteiger partial charge in [-0.3, -0.25) is 0 Å². The molecular weight excluding hydrogens is 286 g/mol. The van der Waals surface area contributed by atoms with Gasteiger partial charge in [0.05, 0.1) is 13.2 Å². The van der Waals surface area contributed by atoms with Gasteiger partial charge in [0.2, 0.25) is 0 Å². The Morgan fingerprint density at radius 1 is 1.33 bits per heavy atom. The molecule has 2 heterocycles. The minimum Gasteiger partial charge on any atom is -0.497 e. The maximum Gasteiger partial charge on any atom is 0.191 e. The Bertz CT molecular complexity index is 591. The summed E-state index contributed by atoms with van der Waals surface area (Å²) in [6, 6.07) is 7.86. The van der Waals surface area contributed by atoms with Crippen LogP contribution in [-0.2, 0) is 11.8 Å². The number of hydrogen-bond acceptors (Lipinski definition) is 5. The van der Waals surface area contributed by atoms with Gasteiger partial charge in [-0.15, -0.1) is 10.2 Å². The number of ether oxygens (including phenoxy) is 2. The van der Waals surface area contributed by atoms with Crippen molar-refractivity contribution in [2.24, 2.45) is 7.05 Å². The number of aromatic nitrogens is 3. The number of nitrogens with zero attached hydrogens (tertiary/aromatic N) is 3. The van der Waals surface area contributed by atoms with E-state index in [1.807, 2.05) is 35.9 Å². The number of benzene rings is 1. The van der Waals surface area contributed by atoms with Crippen molar-refractivity contribution in [3.8, 4) is 17.1 Å². The Balaban J connectivity index is 1.71. The lowest BCUT2D eigenvalue weighted by Gasteiger charge is -2.08.